The fraction of sp³-hybridized carbons (Fsp3) is 0.647. The maximum atomic E-state index is 9.49. The Hall–Kier alpha value is -0.440. The summed E-state index contributed by atoms with van der Waals surface area (Å²) in [5.41, 5.74) is 1.00. The van der Waals surface area contributed by atoms with E-state index in [0.29, 0.717) is 10.0 Å². The Morgan fingerprint density at radius 2 is 1.43 bits per heavy atom. The Morgan fingerprint density at radius 3 is 2.00 bits per heavy atom. The lowest BCUT2D eigenvalue weighted by molar-refractivity contribution is 0.475. The molecule has 1 aromatic carbocycles. The summed E-state index contributed by atoms with van der Waals surface area (Å²) in [6, 6.07) is 3.51. The SMILES string of the molecule is CCCCCCCCCCNCc1cc(Cl)c(O)c(Cl)c1. The molecule has 0 amide bonds. The minimum atomic E-state index is -0.0369. The zero-order valence-corrected chi connectivity index (χ0v) is 14.4. The maximum absolute atomic E-state index is 9.49. The van der Waals surface area contributed by atoms with Crippen molar-refractivity contribution in [3.05, 3.63) is 27.7 Å². The van der Waals surface area contributed by atoms with Gasteiger partial charge in [-0.2, -0.15) is 0 Å². The highest BCUT2D eigenvalue weighted by Gasteiger charge is 2.06. The molecule has 120 valence electrons. The molecule has 0 aliphatic carbocycles. The molecule has 0 aliphatic rings. The number of phenolic OH excluding ortho intramolecular Hbond substituents is 1. The normalized spacial score (nSPS) is 11.0. The first-order valence-corrected chi connectivity index (χ1v) is 8.78. The first-order valence-electron chi connectivity index (χ1n) is 8.02. The molecule has 1 aromatic rings. The zero-order valence-electron chi connectivity index (χ0n) is 12.9. The van der Waals surface area contributed by atoms with Crippen molar-refractivity contribution in [2.45, 2.75) is 64.8 Å². The van der Waals surface area contributed by atoms with Crippen LogP contribution in [-0.2, 0) is 6.54 Å². The van der Waals surface area contributed by atoms with Crippen molar-refractivity contribution in [3.8, 4) is 5.75 Å². The van der Waals surface area contributed by atoms with Crippen LogP contribution < -0.4 is 5.32 Å². The highest BCUT2D eigenvalue weighted by atomic mass is 35.5. The number of hydrogen-bond acceptors (Lipinski definition) is 2. The third kappa shape index (κ3) is 7.94. The lowest BCUT2D eigenvalue weighted by Gasteiger charge is -2.07. The van der Waals surface area contributed by atoms with Gasteiger partial charge in [-0.1, -0.05) is 75.1 Å². The number of rotatable bonds is 11. The van der Waals surface area contributed by atoms with E-state index >= 15 is 0 Å². The van der Waals surface area contributed by atoms with Crippen molar-refractivity contribution in [1.29, 1.82) is 0 Å². The van der Waals surface area contributed by atoms with Crippen LogP contribution in [0, 0.1) is 0 Å². The number of aromatic hydroxyl groups is 1. The quantitative estimate of drug-likeness (QED) is 0.492. The molecule has 0 heterocycles. The van der Waals surface area contributed by atoms with Crippen LogP contribution in [0.2, 0.25) is 10.0 Å². The van der Waals surface area contributed by atoms with Gasteiger partial charge in [-0.3, -0.25) is 0 Å². The number of nitrogens with one attached hydrogen (secondary N) is 1. The van der Waals surface area contributed by atoms with Gasteiger partial charge in [0.25, 0.3) is 0 Å². The first kappa shape index (κ1) is 18.6. The van der Waals surface area contributed by atoms with Crippen LogP contribution >= 0.6 is 23.2 Å². The molecule has 0 saturated heterocycles. The molecule has 0 saturated carbocycles. The van der Waals surface area contributed by atoms with Crippen molar-refractivity contribution in [3.63, 3.8) is 0 Å². The van der Waals surface area contributed by atoms with Crippen molar-refractivity contribution >= 4 is 23.2 Å². The molecule has 0 bridgehead atoms. The molecule has 2 N–H and O–H groups in total. The van der Waals surface area contributed by atoms with Gasteiger partial charge in [0.15, 0.2) is 5.75 Å². The molecule has 0 fully saturated rings. The second-order valence-electron chi connectivity index (χ2n) is 5.56. The largest absolute Gasteiger partial charge is 0.505 e. The third-order valence-corrected chi connectivity index (χ3v) is 4.19. The molecule has 4 heteroatoms. The fourth-order valence-electron chi connectivity index (χ4n) is 2.34. The Labute approximate surface area is 138 Å². The van der Waals surface area contributed by atoms with Gasteiger partial charge in [0, 0.05) is 6.54 Å². The number of phenols is 1. The third-order valence-electron chi connectivity index (χ3n) is 3.61. The highest BCUT2D eigenvalue weighted by molar-refractivity contribution is 6.37. The second-order valence-corrected chi connectivity index (χ2v) is 6.37. The van der Waals surface area contributed by atoms with Crippen LogP contribution in [0.15, 0.2) is 12.1 Å². The lowest BCUT2D eigenvalue weighted by Crippen LogP contribution is -2.14. The van der Waals surface area contributed by atoms with E-state index < -0.39 is 0 Å². The van der Waals surface area contributed by atoms with Crippen LogP contribution in [0.1, 0.15) is 63.9 Å². The van der Waals surface area contributed by atoms with Gasteiger partial charge < -0.3 is 10.4 Å². The average Bonchev–Trinajstić information content (AvgIpc) is 2.46. The van der Waals surface area contributed by atoms with Gasteiger partial charge in [-0.05, 0) is 30.7 Å². The summed E-state index contributed by atoms with van der Waals surface area (Å²) in [7, 11) is 0. The van der Waals surface area contributed by atoms with Crippen LogP contribution in [0.4, 0.5) is 0 Å². The Bertz CT molecular complexity index is 387. The number of benzene rings is 1. The van der Waals surface area contributed by atoms with E-state index in [9.17, 15) is 5.11 Å². The second kappa shape index (κ2) is 11.2. The van der Waals surface area contributed by atoms with Gasteiger partial charge in [0.2, 0.25) is 0 Å². The van der Waals surface area contributed by atoms with E-state index in [-0.39, 0.29) is 5.75 Å². The molecule has 2 nitrogen and oxygen atoms in total. The van der Waals surface area contributed by atoms with Crippen LogP contribution in [0.3, 0.4) is 0 Å². The summed E-state index contributed by atoms with van der Waals surface area (Å²) in [6.45, 7) is 3.99. The molecule has 0 atom stereocenters. The summed E-state index contributed by atoms with van der Waals surface area (Å²) in [6.07, 6.45) is 10.6. The Kier molecular flexibility index (Phi) is 9.90. The maximum Gasteiger partial charge on any atom is 0.152 e. The van der Waals surface area contributed by atoms with Crippen LogP contribution in [0.25, 0.3) is 0 Å². The molecule has 1 rings (SSSR count). The smallest absolute Gasteiger partial charge is 0.152 e. The molecule has 0 spiro atoms. The molecule has 0 radical (unpaired) electrons. The van der Waals surface area contributed by atoms with E-state index in [4.69, 9.17) is 23.2 Å². The predicted octanol–water partition coefficient (Wildman–Crippen LogP) is 5.93. The van der Waals surface area contributed by atoms with Gasteiger partial charge in [0.1, 0.15) is 0 Å². The van der Waals surface area contributed by atoms with Crippen LogP contribution in [0.5, 0.6) is 5.75 Å². The lowest BCUT2D eigenvalue weighted by atomic mass is 10.1. The monoisotopic (exact) mass is 331 g/mol. The molecule has 21 heavy (non-hydrogen) atoms. The van der Waals surface area contributed by atoms with E-state index in [1.165, 1.54) is 51.4 Å². The van der Waals surface area contributed by atoms with Gasteiger partial charge in [-0.25, -0.2) is 0 Å². The Morgan fingerprint density at radius 1 is 0.905 bits per heavy atom. The van der Waals surface area contributed by atoms with Crippen molar-refractivity contribution < 1.29 is 5.11 Å². The van der Waals surface area contributed by atoms with Gasteiger partial charge in [0.05, 0.1) is 10.0 Å². The van der Waals surface area contributed by atoms with E-state index in [1.54, 1.807) is 12.1 Å². The predicted molar refractivity (Wildman–Crippen MR) is 92.4 cm³/mol. The number of hydrogen-bond donors (Lipinski definition) is 2. The van der Waals surface area contributed by atoms with Gasteiger partial charge in [-0.15, -0.1) is 0 Å². The minimum Gasteiger partial charge on any atom is -0.505 e. The molecule has 0 aliphatic heterocycles. The van der Waals surface area contributed by atoms with Crippen molar-refractivity contribution in [2.75, 3.05) is 6.54 Å². The Balaban J connectivity index is 2.04. The highest BCUT2D eigenvalue weighted by Crippen LogP contribution is 2.32. The first-order chi connectivity index (χ1) is 10.1. The minimum absolute atomic E-state index is 0.0369. The van der Waals surface area contributed by atoms with E-state index in [2.05, 4.69) is 12.2 Å². The summed E-state index contributed by atoms with van der Waals surface area (Å²) < 4.78 is 0. The average molecular weight is 332 g/mol. The van der Waals surface area contributed by atoms with Crippen molar-refractivity contribution in [2.24, 2.45) is 0 Å². The molecular weight excluding hydrogens is 305 g/mol. The summed E-state index contributed by atoms with van der Waals surface area (Å²) in [4.78, 5) is 0. The molecule has 0 aromatic heterocycles. The number of unbranched alkanes of at least 4 members (excludes halogenated alkanes) is 7. The molecule has 0 unspecified atom stereocenters. The fourth-order valence-corrected chi connectivity index (χ4v) is 2.87. The number of halogens is 2. The summed E-state index contributed by atoms with van der Waals surface area (Å²) in [5, 5.41) is 13.5. The van der Waals surface area contributed by atoms with Crippen molar-refractivity contribution in [1.82, 2.24) is 5.32 Å². The van der Waals surface area contributed by atoms with E-state index in [1.807, 2.05) is 0 Å². The zero-order chi connectivity index (χ0) is 15.5. The van der Waals surface area contributed by atoms with E-state index in [0.717, 1.165) is 18.7 Å². The van der Waals surface area contributed by atoms with Gasteiger partial charge >= 0.3 is 0 Å². The standard InChI is InChI=1S/C17H27Cl2NO/c1-2-3-4-5-6-7-8-9-10-20-13-14-11-15(18)17(21)16(19)12-14/h11-12,20-21H,2-10,13H2,1H3. The summed E-state index contributed by atoms with van der Waals surface area (Å²) >= 11 is 11.8. The topological polar surface area (TPSA) is 32.3 Å². The summed E-state index contributed by atoms with van der Waals surface area (Å²) in [5.74, 6) is -0.0369. The van der Waals surface area contributed by atoms with Crippen LogP contribution in [-0.4, -0.2) is 11.7 Å². The molecular formula is C17H27Cl2NO.